The van der Waals surface area contributed by atoms with E-state index in [0.717, 1.165) is 9.35 Å². The second kappa shape index (κ2) is 4.85. The lowest BCUT2D eigenvalue weighted by molar-refractivity contribution is -0.0585. The summed E-state index contributed by atoms with van der Waals surface area (Å²) < 4.78 is 6.50. The number of carbonyl (C=O) groups excluding carboxylic acids is 1. The van der Waals surface area contributed by atoms with Gasteiger partial charge in [0.1, 0.15) is 4.88 Å². The Morgan fingerprint density at radius 2 is 2.12 bits per heavy atom. The maximum atomic E-state index is 12.2. The third-order valence-electron chi connectivity index (χ3n) is 2.52. The molecule has 2 unspecified atom stereocenters. The highest BCUT2D eigenvalue weighted by Gasteiger charge is 2.27. The van der Waals surface area contributed by atoms with Gasteiger partial charge >= 0.3 is 0 Å². The second-order valence-electron chi connectivity index (χ2n) is 4.07. The lowest BCUT2D eigenvalue weighted by Gasteiger charge is -2.35. The van der Waals surface area contributed by atoms with Gasteiger partial charge < -0.3 is 9.64 Å². The third-order valence-corrected chi connectivity index (χ3v) is 4.34. The highest BCUT2D eigenvalue weighted by molar-refractivity contribution is 9.10. The molecule has 1 aliphatic heterocycles. The molecule has 2 rings (SSSR count). The number of carbonyl (C=O) groups is 1. The standard InChI is InChI=1S/C11H14BrNO2S/c1-7-5-13(6-8(2)15-7)11(14)10-9(12)3-4-16-10/h3-4,7-8H,5-6H2,1-2H3. The minimum absolute atomic E-state index is 0.101. The van der Waals surface area contributed by atoms with E-state index in [2.05, 4.69) is 15.9 Å². The van der Waals surface area contributed by atoms with Gasteiger partial charge in [0.25, 0.3) is 5.91 Å². The van der Waals surface area contributed by atoms with Gasteiger partial charge in [0.05, 0.1) is 12.2 Å². The number of amides is 1. The molecule has 5 heteroatoms. The van der Waals surface area contributed by atoms with E-state index in [4.69, 9.17) is 4.74 Å². The Morgan fingerprint density at radius 3 is 2.62 bits per heavy atom. The molecule has 1 saturated heterocycles. The molecule has 0 N–H and O–H groups in total. The van der Waals surface area contributed by atoms with E-state index in [9.17, 15) is 4.79 Å². The molecule has 0 aromatic carbocycles. The van der Waals surface area contributed by atoms with E-state index in [0.29, 0.717) is 13.1 Å². The molecular formula is C11H14BrNO2S. The monoisotopic (exact) mass is 303 g/mol. The Morgan fingerprint density at radius 1 is 1.50 bits per heavy atom. The Labute approximate surface area is 108 Å². The van der Waals surface area contributed by atoms with Gasteiger partial charge in [0.2, 0.25) is 0 Å². The van der Waals surface area contributed by atoms with E-state index in [1.807, 2.05) is 30.2 Å². The number of morpholine rings is 1. The zero-order valence-electron chi connectivity index (χ0n) is 9.27. The highest BCUT2D eigenvalue weighted by Crippen LogP contribution is 2.25. The summed E-state index contributed by atoms with van der Waals surface area (Å²) in [5, 5.41) is 1.92. The Kier molecular flexibility index (Phi) is 3.66. The van der Waals surface area contributed by atoms with Crippen LogP contribution in [0.15, 0.2) is 15.9 Å². The lowest BCUT2D eigenvalue weighted by atomic mass is 10.2. The van der Waals surface area contributed by atoms with Crippen LogP contribution in [0, 0.1) is 0 Å². The zero-order valence-corrected chi connectivity index (χ0v) is 11.7. The van der Waals surface area contributed by atoms with Crippen LogP contribution in [0.25, 0.3) is 0 Å². The molecule has 0 aliphatic carbocycles. The summed E-state index contributed by atoms with van der Waals surface area (Å²) in [6, 6.07) is 1.91. The number of ether oxygens (including phenoxy) is 1. The van der Waals surface area contributed by atoms with Gasteiger partial charge in [0, 0.05) is 17.6 Å². The van der Waals surface area contributed by atoms with Gasteiger partial charge in [-0.15, -0.1) is 11.3 Å². The highest BCUT2D eigenvalue weighted by atomic mass is 79.9. The van der Waals surface area contributed by atoms with Crippen molar-refractivity contribution in [3.63, 3.8) is 0 Å². The van der Waals surface area contributed by atoms with Crippen LogP contribution in [-0.2, 0) is 4.74 Å². The van der Waals surface area contributed by atoms with E-state index in [-0.39, 0.29) is 18.1 Å². The van der Waals surface area contributed by atoms with Crippen molar-refractivity contribution in [3.8, 4) is 0 Å². The molecular weight excluding hydrogens is 290 g/mol. The van der Waals surface area contributed by atoms with Crippen LogP contribution < -0.4 is 0 Å². The zero-order chi connectivity index (χ0) is 11.7. The summed E-state index contributed by atoms with van der Waals surface area (Å²) >= 11 is 4.87. The quantitative estimate of drug-likeness (QED) is 0.798. The van der Waals surface area contributed by atoms with Crippen molar-refractivity contribution >= 4 is 33.2 Å². The fourth-order valence-corrected chi connectivity index (χ4v) is 3.44. The summed E-state index contributed by atoms with van der Waals surface area (Å²) in [5.74, 6) is 0.101. The minimum atomic E-state index is 0.101. The van der Waals surface area contributed by atoms with Gasteiger partial charge in [-0.3, -0.25) is 4.79 Å². The summed E-state index contributed by atoms with van der Waals surface area (Å²) in [7, 11) is 0. The number of rotatable bonds is 1. The van der Waals surface area contributed by atoms with Crippen molar-refractivity contribution in [2.45, 2.75) is 26.1 Å². The number of hydrogen-bond acceptors (Lipinski definition) is 3. The topological polar surface area (TPSA) is 29.5 Å². The fraction of sp³-hybridized carbons (Fsp3) is 0.545. The smallest absolute Gasteiger partial charge is 0.265 e. The molecule has 1 aromatic heterocycles. The van der Waals surface area contributed by atoms with Gasteiger partial charge in [-0.1, -0.05) is 0 Å². The third kappa shape index (κ3) is 2.47. The van der Waals surface area contributed by atoms with Crippen LogP contribution in [0.4, 0.5) is 0 Å². The minimum Gasteiger partial charge on any atom is -0.372 e. The Bertz CT molecular complexity index is 383. The van der Waals surface area contributed by atoms with E-state index >= 15 is 0 Å². The normalized spacial score (nSPS) is 25.8. The number of hydrogen-bond donors (Lipinski definition) is 0. The van der Waals surface area contributed by atoms with Crippen LogP contribution in [0.5, 0.6) is 0 Å². The molecule has 0 bridgehead atoms. The number of thiophene rings is 1. The molecule has 1 amide bonds. The van der Waals surface area contributed by atoms with Gasteiger partial charge in [-0.05, 0) is 41.2 Å². The Balaban J connectivity index is 2.13. The molecule has 2 atom stereocenters. The first kappa shape index (κ1) is 12.1. The summed E-state index contributed by atoms with van der Waals surface area (Å²) in [5.41, 5.74) is 0. The largest absolute Gasteiger partial charge is 0.372 e. The lowest BCUT2D eigenvalue weighted by Crippen LogP contribution is -2.48. The molecule has 16 heavy (non-hydrogen) atoms. The summed E-state index contributed by atoms with van der Waals surface area (Å²) in [6.45, 7) is 5.35. The predicted octanol–water partition coefficient (Wildman–Crippen LogP) is 2.76. The van der Waals surface area contributed by atoms with Crippen LogP contribution in [0.1, 0.15) is 23.5 Å². The van der Waals surface area contributed by atoms with Crippen molar-refractivity contribution in [1.82, 2.24) is 4.90 Å². The second-order valence-corrected chi connectivity index (χ2v) is 5.84. The van der Waals surface area contributed by atoms with Crippen LogP contribution >= 0.6 is 27.3 Å². The summed E-state index contributed by atoms with van der Waals surface area (Å²) in [6.07, 6.45) is 0.234. The first-order chi connectivity index (χ1) is 7.58. The molecule has 0 spiro atoms. The number of nitrogens with zero attached hydrogens (tertiary/aromatic N) is 1. The van der Waals surface area contributed by atoms with Crippen LogP contribution in [0.3, 0.4) is 0 Å². The van der Waals surface area contributed by atoms with Crippen molar-refractivity contribution < 1.29 is 9.53 Å². The first-order valence-electron chi connectivity index (χ1n) is 5.25. The fourth-order valence-electron chi connectivity index (χ4n) is 1.93. The maximum absolute atomic E-state index is 12.2. The molecule has 1 aliphatic rings. The van der Waals surface area contributed by atoms with Gasteiger partial charge in [-0.2, -0.15) is 0 Å². The molecule has 0 saturated carbocycles. The van der Waals surface area contributed by atoms with Crippen molar-refractivity contribution in [1.29, 1.82) is 0 Å². The average molecular weight is 304 g/mol. The number of halogens is 1. The van der Waals surface area contributed by atoms with E-state index in [1.54, 1.807) is 0 Å². The maximum Gasteiger partial charge on any atom is 0.265 e. The van der Waals surface area contributed by atoms with Crippen LogP contribution in [-0.4, -0.2) is 36.1 Å². The molecule has 1 fully saturated rings. The van der Waals surface area contributed by atoms with Gasteiger partial charge in [0.15, 0.2) is 0 Å². The van der Waals surface area contributed by atoms with Crippen molar-refractivity contribution in [2.75, 3.05) is 13.1 Å². The van der Waals surface area contributed by atoms with Crippen molar-refractivity contribution in [3.05, 3.63) is 20.8 Å². The van der Waals surface area contributed by atoms with E-state index in [1.165, 1.54) is 11.3 Å². The molecule has 0 radical (unpaired) electrons. The Hall–Kier alpha value is -0.390. The van der Waals surface area contributed by atoms with E-state index < -0.39 is 0 Å². The van der Waals surface area contributed by atoms with Crippen LogP contribution in [0.2, 0.25) is 0 Å². The predicted molar refractivity (Wildman–Crippen MR) is 67.9 cm³/mol. The molecule has 1 aromatic rings. The van der Waals surface area contributed by atoms with Gasteiger partial charge in [-0.25, -0.2) is 0 Å². The first-order valence-corrected chi connectivity index (χ1v) is 6.93. The molecule has 2 heterocycles. The summed E-state index contributed by atoms with van der Waals surface area (Å²) in [4.78, 5) is 14.9. The molecule has 88 valence electrons. The van der Waals surface area contributed by atoms with Crippen molar-refractivity contribution in [2.24, 2.45) is 0 Å². The molecule has 3 nitrogen and oxygen atoms in total. The average Bonchev–Trinajstić information content (AvgIpc) is 2.62. The SMILES string of the molecule is CC1CN(C(=O)c2sccc2Br)CC(C)O1.